The zero-order valence-electron chi connectivity index (χ0n) is 11.1. The third-order valence-electron chi connectivity index (χ3n) is 3.63. The predicted molar refractivity (Wildman–Crippen MR) is 69.8 cm³/mol. The maximum Gasteiger partial charge on any atom is 0.0466 e. The van der Waals surface area contributed by atoms with Gasteiger partial charge in [0.15, 0.2) is 0 Å². The Labute approximate surface area is 101 Å². The smallest absolute Gasteiger partial charge is 0.0466 e. The third-order valence-corrected chi connectivity index (χ3v) is 3.63. The van der Waals surface area contributed by atoms with Crippen molar-refractivity contribution in [3.8, 4) is 0 Å². The number of ether oxygens (including phenoxy) is 1. The second-order valence-electron chi connectivity index (χ2n) is 4.94. The van der Waals surface area contributed by atoms with Gasteiger partial charge in [-0.15, -0.1) is 0 Å². The summed E-state index contributed by atoms with van der Waals surface area (Å²) in [4.78, 5) is 0. The highest BCUT2D eigenvalue weighted by atomic mass is 16.5. The summed E-state index contributed by atoms with van der Waals surface area (Å²) in [6.45, 7) is 7.29. The monoisotopic (exact) mass is 227 g/mol. The predicted octanol–water partition coefficient (Wildman–Crippen LogP) is 3.36. The molecule has 2 heteroatoms. The average Bonchev–Trinajstić information content (AvgIpc) is 2.82. The van der Waals surface area contributed by atoms with Gasteiger partial charge in [-0.3, -0.25) is 0 Å². The molecule has 96 valence electrons. The summed E-state index contributed by atoms with van der Waals surface area (Å²) in [6, 6.07) is 0.753. The molecular weight excluding hydrogens is 198 g/mol. The molecule has 0 heterocycles. The molecule has 0 aromatic rings. The van der Waals surface area contributed by atoms with Crippen molar-refractivity contribution >= 4 is 0 Å². The van der Waals surface area contributed by atoms with Crippen LogP contribution >= 0.6 is 0 Å². The standard InChI is InChI=1S/C14H29NO/c1-3-11-15-14(10-7-12-16-4-2)13-8-5-6-9-13/h13-15H,3-12H2,1-2H3. The van der Waals surface area contributed by atoms with Gasteiger partial charge in [0.1, 0.15) is 0 Å². The molecule has 0 bridgehead atoms. The van der Waals surface area contributed by atoms with Gasteiger partial charge in [0.2, 0.25) is 0 Å². The second-order valence-corrected chi connectivity index (χ2v) is 4.94. The van der Waals surface area contributed by atoms with E-state index in [1.54, 1.807) is 0 Å². The van der Waals surface area contributed by atoms with E-state index in [4.69, 9.17) is 4.74 Å². The Morgan fingerprint density at radius 3 is 2.62 bits per heavy atom. The fourth-order valence-electron chi connectivity index (χ4n) is 2.74. The quantitative estimate of drug-likeness (QED) is 0.610. The topological polar surface area (TPSA) is 21.3 Å². The van der Waals surface area contributed by atoms with Crippen molar-refractivity contribution in [3.63, 3.8) is 0 Å². The van der Waals surface area contributed by atoms with Gasteiger partial charge in [-0.25, -0.2) is 0 Å². The largest absolute Gasteiger partial charge is 0.382 e. The van der Waals surface area contributed by atoms with Crippen molar-refractivity contribution in [2.24, 2.45) is 5.92 Å². The molecule has 1 rings (SSSR count). The lowest BCUT2D eigenvalue weighted by atomic mass is 9.94. The minimum atomic E-state index is 0.753. The Balaban J connectivity index is 2.19. The molecule has 0 amide bonds. The summed E-state index contributed by atoms with van der Waals surface area (Å²) in [6.07, 6.45) is 9.53. The first kappa shape index (κ1) is 14.0. The van der Waals surface area contributed by atoms with Crippen LogP contribution in [0.1, 0.15) is 58.8 Å². The van der Waals surface area contributed by atoms with Crippen LogP contribution in [0.2, 0.25) is 0 Å². The van der Waals surface area contributed by atoms with Crippen molar-refractivity contribution in [3.05, 3.63) is 0 Å². The molecule has 0 saturated heterocycles. The first-order valence-electron chi connectivity index (χ1n) is 7.19. The van der Waals surface area contributed by atoms with Crippen LogP contribution in [-0.2, 0) is 4.74 Å². The molecule has 2 nitrogen and oxygen atoms in total. The molecule has 1 atom stereocenters. The Kier molecular flexibility index (Phi) is 7.87. The van der Waals surface area contributed by atoms with E-state index in [0.29, 0.717) is 0 Å². The first-order valence-corrected chi connectivity index (χ1v) is 7.19. The summed E-state index contributed by atoms with van der Waals surface area (Å²) in [7, 11) is 0. The molecule has 1 aliphatic rings. The van der Waals surface area contributed by atoms with Gasteiger partial charge in [-0.1, -0.05) is 19.8 Å². The van der Waals surface area contributed by atoms with Gasteiger partial charge in [-0.05, 0) is 51.5 Å². The molecular formula is C14H29NO. The van der Waals surface area contributed by atoms with E-state index in [1.165, 1.54) is 51.5 Å². The molecule has 0 spiro atoms. The van der Waals surface area contributed by atoms with Crippen LogP contribution in [0.5, 0.6) is 0 Å². The first-order chi connectivity index (χ1) is 7.88. The fourth-order valence-corrected chi connectivity index (χ4v) is 2.74. The Hall–Kier alpha value is -0.0800. The molecule has 16 heavy (non-hydrogen) atoms. The Morgan fingerprint density at radius 2 is 2.00 bits per heavy atom. The highest BCUT2D eigenvalue weighted by Gasteiger charge is 2.23. The lowest BCUT2D eigenvalue weighted by Crippen LogP contribution is -2.35. The van der Waals surface area contributed by atoms with Crippen molar-refractivity contribution < 1.29 is 4.74 Å². The average molecular weight is 227 g/mol. The molecule has 1 N–H and O–H groups in total. The van der Waals surface area contributed by atoms with Crippen LogP contribution in [0, 0.1) is 5.92 Å². The van der Waals surface area contributed by atoms with Crippen LogP contribution < -0.4 is 5.32 Å². The fraction of sp³-hybridized carbons (Fsp3) is 1.00. The summed E-state index contributed by atoms with van der Waals surface area (Å²) >= 11 is 0. The number of nitrogens with one attached hydrogen (secondary N) is 1. The molecule has 0 aromatic heterocycles. The van der Waals surface area contributed by atoms with Crippen LogP contribution in [0.4, 0.5) is 0 Å². The highest BCUT2D eigenvalue weighted by Crippen LogP contribution is 2.29. The van der Waals surface area contributed by atoms with Gasteiger partial charge in [-0.2, -0.15) is 0 Å². The summed E-state index contributed by atoms with van der Waals surface area (Å²) in [5.41, 5.74) is 0. The van der Waals surface area contributed by atoms with E-state index >= 15 is 0 Å². The maximum atomic E-state index is 5.42. The minimum Gasteiger partial charge on any atom is -0.382 e. The van der Waals surface area contributed by atoms with Gasteiger partial charge in [0, 0.05) is 19.3 Å². The van der Waals surface area contributed by atoms with Crippen molar-refractivity contribution in [1.29, 1.82) is 0 Å². The molecule has 0 aromatic carbocycles. The molecule has 1 saturated carbocycles. The molecule has 1 fully saturated rings. The van der Waals surface area contributed by atoms with Crippen molar-refractivity contribution in [1.82, 2.24) is 5.32 Å². The summed E-state index contributed by atoms with van der Waals surface area (Å²) < 4.78 is 5.42. The second kappa shape index (κ2) is 9.00. The summed E-state index contributed by atoms with van der Waals surface area (Å²) in [5, 5.41) is 3.73. The van der Waals surface area contributed by atoms with Crippen molar-refractivity contribution in [2.75, 3.05) is 19.8 Å². The zero-order chi connectivity index (χ0) is 11.6. The van der Waals surface area contributed by atoms with E-state index in [9.17, 15) is 0 Å². The van der Waals surface area contributed by atoms with Crippen LogP contribution in [0.15, 0.2) is 0 Å². The Bertz CT molecular complexity index is 155. The van der Waals surface area contributed by atoms with E-state index < -0.39 is 0 Å². The summed E-state index contributed by atoms with van der Waals surface area (Å²) in [5.74, 6) is 0.938. The zero-order valence-corrected chi connectivity index (χ0v) is 11.1. The van der Waals surface area contributed by atoms with E-state index in [2.05, 4.69) is 19.2 Å². The van der Waals surface area contributed by atoms with Crippen LogP contribution in [-0.4, -0.2) is 25.8 Å². The van der Waals surface area contributed by atoms with E-state index in [0.717, 1.165) is 25.2 Å². The SMILES string of the molecule is CCCNC(CCCOCC)C1CCCC1. The highest BCUT2D eigenvalue weighted by molar-refractivity contribution is 4.80. The van der Waals surface area contributed by atoms with Gasteiger partial charge >= 0.3 is 0 Å². The number of hydrogen-bond donors (Lipinski definition) is 1. The minimum absolute atomic E-state index is 0.753. The van der Waals surface area contributed by atoms with E-state index in [1.807, 2.05) is 0 Å². The third kappa shape index (κ3) is 5.31. The molecule has 0 aliphatic heterocycles. The van der Waals surface area contributed by atoms with Gasteiger partial charge in [0.05, 0.1) is 0 Å². The maximum absolute atomic E-state index is 5.42. The van der Waals surface area contributed by atoms with Crippen LogP contribution in [0.3, 0.4) is 0 Å². The Morgan fingerprint density at radius 1 is 1.25 bits per heavy atom. The van der Waals surface area contributed by atoms with Crippen LogP contribution in [0.25, 0.3) is 0 Å². The van der Waals surface area contributed by atoms with E-state index in [-0.39, 0.29) is 0 Å². The number of rotatable bonds is 9. The van der Waals surface area contributed by atoms with Crippen molar-refractivity contribution in [2.45, 2.75) is 64.8 Å². The number of hydrogen-bond acceptors (Lipinski definition) is 2. The lowest BCUT2D eigenvalue weighted by Gasteiger charge is -2.24. The van der Waals surface area contributed by atoms with Gasteiger partial charge in [0.25, 0.3) is 0 Å². The normalized spacial score (nSPS) is 19.1. The molecule has 1 unspecified atom stereocenters. The molecule has 1 aliphatic carbocycles. The van der Waals surface area contributed by atoms with Gasteiger partial charge < -0.3 is 10.1 Å². The molecule has 0 radical (unpaired) electrons. The lowest BCUT2D eigenvalue weighted by molar-refractivity contribution is 0.138.